The summed E-state index contributed by atoms with van der Waals surface area (Å²) < 4.78 is 0. The number of nitrogens with one attached hydrogen (secondary N) is 1. The molecular formula is C16H23N. The van der Waals surface area contributed by atoms with Crippen molar-refractivity contribution in [2.24, 2.45) is 5.92 Å². The highest BCUT2D eigenvalue weighted by Crippen LogP contribution is 2.40. The quantitative estimate of drug-likeness (QED) is 0.731. The molecule has 1 saturated carbocycles. The molecule has 1 heteroatoms. The van der Waals surface area contributed by atoms with E-state index in [9.17, 15) is 0 Å². The van der Waals surface area contributed by atoms with Crippen LogP contribution in [0.25, 0.3) is 6.08 Å². The summed E-state index contributed by atoms with van der Waals surface area (Å²) in [6.07, 6.45) is 7.19. The fourth-order valence-electron chi connectivity index (χ4n) is 1.98. The van der Waals surface area contributed by atoms with Crippen LogP contribution in [0.15, 0.2) is 30.3 Å². The van der Waals surface area contributed by atoms with Gasteiger partial charge in [-0.2, -0.15) is 0 Å². The second kappa shape index (κ2) is 6.02. The van der Waals surface area contributed by atoms with Gasteiger partial charge in [0.1, 0.15) is 0 Å². The molecule has 0 aliphatic heterocycles. The van der Waals surface area contributed by atoms with Crippen molar-refractivity contribution in [3.05, 3.63) is 41.5 Å². The fraction of sp³-hybridized carbons (Fsp3) is 0.500. The minimum absolute atomic E-state index is 0.724. The average Bonchev–Trinajstić information content (AvgIpc) is 3.12. The maximum atomic E-state index is 3.42. The monoisotopic (exact) mass is 229 g/mol. The first-order chi connectivity index (χ1) is 8.25. The third-order valence-electron chi connectivity index (χ3n) is 3.08. The van der Waals surface area contributed by atoms with Gasteiger partial charge in [-0.15, -0.1) is 0 Å². The van der Waals surface area contributed by atoms with Gasteiger partial charge < -0.3 is 5.32 Å². The molecule has 1 aliphatic rings. The zero-order chi connectivity index (χ0) is 12.1. The van der Waals surface area contributed by atoms with Gasteiger partial charge in [0, 0.05) is 6.54 Å². The smallest absolute Gasteiger partial charge is 0.0138 e. The maximum absolute atomic E-state index is 3.42. The van der Waals surface area contributed by atoms with Crippen molar-refractivity contribution in [1.29, 1.82) is 0 Å². The zero-order valence-electron chi connectivity index (χ0n) is 10.9. The molecule has 0 bridgehead atoms. The summed E-state index contributed by atoms with van der Waals surface area (Å²) in [4.78, 5) is 0. The Balaban J connectivity index is 1.81. The highest BCUT2D eigenvalue weighted by molar-refractivity contribution is 5.51. The molecule has 0 atom stereocenters. The van der Waals surface area contributed by atoms with Crippen molar-refractivity contribution in [2.45, 2.75) is 32.6 Å². The summed E-state index contributed by atoms with van der Waals surface area (Å²) in [6.45, 7) is 6.52. The predicted molar refractivity (Wildman–Crippen MR) is 75.2 cm³/mol. The van der Waals surface area contributed by atoms with Crippen molar-refractivity contribution in [1.82, 2.24) is 5.32 Å². The lowest BCUT2D eigenvalue weighted by Crippen LogP contribution is -2.19. The third-order valence-corrected chi connectivity index (χ3v) is 3.08. The van der Waals surface area contributed by atoms with Gasteiger partial charge in [-0.1, -0.05) is 50.3 Å². The molecule has 0 unspecified atom stereocenters. The molecule has 92 valence electrons. The van der Waals surface area contributed by atoms with Gasteiger partial charge in [0.15, 0.2) is 0 Å². The Hall–Kier alpha value is -1.08. The second-order valence-corrected chi connectivity index (χ2v) is 5.40. The van der Waals surface area contributed by atoms with Crippen LogP contribution in [0, 0.1) is 5.92 Å². The molecule has 2 rings (SSSR count). The van der Waals surface area contributed by atoms with Crippen molar-refractivity contribution >= 4 is 6.08 Å². The highest BCUT2D eigenvalue weighted by atomic mass is 14.8. The molecule has 1 aromatic rings. The van der Waals surface area contributed by atoms with Crippen molar-refractivity contribution in [2.75, 3.05) is 13.1 Å². The van der Waals surface area contributed by atoms with E-state index in [1.165, 1.54) is 24.0 Å². The van der Waals surface area contributed by atoms with Crippen LogP contribution in [-0.2, 0) is 0 Å². The SMILES string of the molecule is CC(C)CNCC=Cc1cccc(C2CC2)c1. The number of rotatable bonds is 6. The topological polar surface area (TPSA) is 12.0 Å². The molecule has 1 aliphatic carbocycles. The Bertz CT molecular complexity index is 375. The number of hydrogen-bond donors (Lipinski definition) is 1. The Morgan fingerprint density at radius 2 is 2.18 bits per heavy atom. The maximum Gasteiger partial charge on any atom is 0.0138 e. The lowest BCUT2D eigenvalue weighted by molar-refractivity contribution is 0.577. The van der Waals surface area contributed by atoms with E-state index in [2.05, 4.69) is 55.6 Å². The van der Waals surface area contributed by atoms with Crippen LogP contribution in [0.2, 0.25) is 0 Å². The predicted octanol–water partition coefficient (Wildman–Crippen LogP) is 3.82. The standard InChI is InChI=1S/C16H23N/c1-13(2)12-17-10-4-6-14-5-3-7-16(11-14)15-8-9-15/h3-7,11,13,15,17H,8-10,12H2,1-2H3. The van der Waals surface area contributed by atoms with E-state index < -0.39 is 0 Å². The normalized spacial score (nSPS) is 15.9. The Kier molecular flexibility index (Phi) is 4.38. The average molecular weight is 229 g/mol. The van der Waals surface area contributed by atoms with Crippen molar-refractivity contribution in [3.8, 4) is 0 Å². The minimum atomic E-state index is 0.724. The van der Waals surface area contributed by atoms with E-state index in [1.807, 2.05) is 0 Å². The number of benzene rings is 1. The van der Waals surface area contributed by atoms with E-state index in [-0.39, 0.29) is 0 Å². The zero-order valence-corrected chi connectivity index (χ0v) is 10.9. The van der Waals surface area contributed by atoms with E-state index in [0.717, 1.165) is 24.9 Å². The summed E-state index contributed by atoms with van der Waals surface area (Å²) >= 11 is 0. The molecule has 1 fully saturated rings. The van der Waals surface area contributed by atoms with E-state index in [1.54, 1.807) is 0 Å². The van der Waals surface area contributed by atoms with Crippen LogP contribution >= 0.6 is 0 Å². The van der Waals surface area contributed by atoms with Crippen molar-refractivity contribution < 1.29 is 0 Å². The molecule has 0 spiro atoms. The van der Waals surface area contributed by atoms with Crippen LogP contribution in [-0.4, -0.2) is 13.1 Å². The first kappa shape index (κ1) is 12.4. The van der Waals surface area contributed by atoms with E-state index in [4.69, 9.17) is 0 Å². The second-order valence-electron chi connectivity index (χ2n) is 5.40. The summed E-state index contributed by atoms with van der Waals surface area (Å²) in [7, 11) is 0. The summed E-state index contributed by atoms with van der Waals surface area (Å²) in [5.74, 6) is 1.57. The Morgan fingerprint density at radius 1 is 1.35 bits per heavy atom. The molecule has 0 saturated heterocycles. The molecule has 0 radical (unpaired) electrons. The van der Waals surface area contributed by atoms with E-state index in [0.29, 0.717) is 0 Å². The van der Waals surface area contributed by atoms with Gasteiger partial charge in [0.05, 0.1) is 0 Å². The van der Waals surface area contributed by atoms with Crippen LogP contribution in [0.5, 0.6) is 0 Å². The molecule has 0 amide bonds. The molecule has 1 nitrogen and oxygen atoms in total. The minimum Gasteiger partial charge on any atom is -0.313 e. The molecule has 1 aromatic carbocycles. The lowest BCUT2D eigenvalue weighted by atomic mass is 10.1. The Labute approximate surface area is 105 Å². The molecular weight excluding hydrogens is 206 g/mol. The first-order valence-corrected chi connectivity index (χ1v) is 6.73. The summed E-state index contributed by atoms with van der Waals surface area (Å²) in [5, 5.41) is 3.42. The van der Waals surface area contributed by atoms with Gasteiger partial charge in [-0.25, -0.2) is 0 Å². The van der Waals surface area contributed by atoms with Gasteiger partial charge in [0.25, 0.3) is 0 Å². The van der Waals surface area contributed by atoms with Crippen LogP contribution in [0.4, 0.5) is 0 Å². The van der Waals surface area contributed by atoms with Crippen LogP contribution < -0.4 is 5.32 Å². The third kappa shape index (κ3) is 4.35. The first-order valence-electron chi connectivity index (χ1n) is 6.73. The van der Waals surface area contributed by atoms with Crippen molar-refractivity contribution in [3.63, 3.8) is 0 Å². The Morgan fingerprint density at radius 3 is 2.88 bits per heavy atom. The van der Waals surface area contributed by atoms with Gasteiger partial charge in [-0.05, 0) is 42.3 Å². The lowest BCUT2D eigenvalue weighted by Gasteiger charge is -2.04. The van der Waals surface area contributed by atoms with Gasteiger partial charge in [0.2, 0.25) is 0 Å². The highest BCUT2D eigenvalue weighted by Gasteiger charge is 2.22. The summed E-state index contributed by atoms with van der Waals surface area (Å²) in [5.41, 5.74) is 2.85. The van der Waals surface area contributed by atoms with Gasteiger partial charge in [-0.3, -0.25) is 0 Å². The summed E-state index contributed by atoms with van der Waals surface area (Å²) in [6, 6.07) is 8.95. The number of hydrogen-bond acceptors (Lipinski definition) is 1. The molecule has 0 heterocycles. The largest absolute Gasteiger partial charge is 0.313 e. The van der Waals surface area contributed by atoms with E-state index >= 15 is 0 Å². The molecule has 17 heavy (non-hydrogen) atoms. The molecule has 0 aromatic heterocycles. The molecule has 1 N–H and O–H groups in total. The van der Waals surface area contributed by atoms with Crippen LogP contribution in [0.3, 0.4) is 0 Å². The fourth-order valence-corrected chi connectivity index (χ4v) is 1.98. The van der Waals surface area contributed by atoms with Crippen LogP contribution in [0.1, 0.15) is 43.7 Å². The van der Waals surface area contributed by atoms with Gasteiger partial charge >= 0.3 is 0 Å².